The van der Waals surface area contributed by atoms with Gasteiger partial charge in [-0.05, 0) is 17.7 Å². The summed E-state index contributed by atoms with van der Waals surface area (Å²) in [4.78, 5) is 11.1. The van der Waals surface area contributed by atoms with Crippen LogP contribution in [-0.2, 0) is 16.1 Å². The van der Waals surface area contributed by atoms with Crippen molar-refractivity contribution in [1.82, 2.24) is 0 Å². The van der Waals surface area contributed by atoms with Gasteiger partial charge in [0.1, 0.15) is 5.82 Å². The second kappa shape index (κ2) is 6.02. The fourth-order valence-corrected chi connectivity index (χ4v) is 1.18. The van der Waals surface area contributed by atoms with Crippen molar-refractivity contribution in [2.75, 3.05) is 13.7 Å². The first-order valence-corrected chi connectivity index (χ1v) is 4.74. The van der Waals surface area contributed by atoms with Crippen molar-refractivity contribution < 1.29 is 18.7 Å². The summed E-state index contributed by atoms with van der Waals surface area (Å²) < 4.78 is 23.0. The van der Waals surface area contributed by atoms with Crippen LogP contribution in [0.2, 0.25) is 0 Å². The zero-order valence-electron chi connectivity index (χ0n) is 9.03. The summed E-state index contributed by atoms with van der Waals surface area (Å²) in [6.07, 6.45) is 1.61. The first kappa shape index (κ1) is 12.4. The van der Waals surface area contributed by atoms with Crippen LogP contribution in [-0.4, -0.2) is 19.7 Å². The van der Waals surface area contributed by atoms with Gasteiger partial charge < -0.3 is 9.47 Å². The second-order valence-electron chi connectivity index (χ2n) is 3.11. The average molecular weight is 224 g/mol. The van der Waals surface area contributed by atoms with E-state index < -0.39 is 11.8 Å². The molecule has 86 valence electrons. The molecule has 4 heteroatoms. The molecule has 0 atom stereocenters. The average Bonchev–Trinajstić information content (AvgIpc) is 2.29. The third-order valence-electron chi connectivity index (χ3n) is 1.94. The highest BCUT2D eigenvalue weighted by Gasteiger charge is 2.11. The van der Waals surface area contributed by atoms with Crippen molar-refractivity contribution in [3.8, 4) is 0 Å². The summed E-state index contributed by atoms with van der Waals surface area (Å²) in [6.45, 7) is 4.18. The van der Waals surface area contributed by atoms with Crippen molar-refractivity contribution in [2.24, 2.45) is 0 Å². The molecule has 0 aliphatic rings. The zero-order chi connectivity index (χ0) is 12.0. The first-order chi connectivity index (χ1) is 7.69. The van der Waals surface area contributed by atoms with Crippen LogP contribution >= 0.6 is 0 Å². The van der Waals surface area contributed by atoms with E-state index in [9.17, 15) is 9.18 Å². The lowest BCUT2D eigenvalue weighted by Crippen LogP contribution is -2.05. The summed E-state index contributed by atoms with van der Waals surface area (Å²) in [5.41, 5.74) is 0.585. The van der Waals surface area contributed by atoms with Gasteiger partial charge in [0.2, 0.25) is 0 Å². The topological polar surface area (TPSA) is 35.5 Å². The molecule has 1 aromatic rings. The lowest BCUT2D eigenvalue weighted by atomic mass is 10.1. The molecule has 0 N–H and O–H groups in total. The number of hydrogen-bond acceptors (Lipinski definition) is 3. The van der Waals surface area contributed by atoms with Crippen LogP contribution in [0.4, 0.5) is 4.39 Å². The van der Waals surface area contributed by atoms with Gasteiger partial charge in [0, 0.05) is 0 Å². The van der Waals surface area contributed by atoms with Gasteiger partial charge in [0.05, 0.1) is 25.9 Å². The Hall–Kier alpha value is -1.68. The number of carbonyl (C=O) groups excluding carboxylic acids is 1. The van der Waals surface area contributed by atoms with Gasteiger partial charge in [-0.2, -0.15) is 0 Å². The van der Waals surface area contributed by atoms with Crippen molar-refractivity contribution in [2.45, 2.75) is 6.61 Å². The number of benzene rings is 1. The number of carbonyl (C=O) groups is 1. The summed E-state index contributed by atoms with van der Waals surface area (Å²) in [6, 6.07) is 4.27. The third-order valence-corrected chi connectivity index (χ3v) is 1.94. The Morgan fingerprint density at radius 3 is 2.88 bits per heavy atom. The Bertz CT molecular complexity index is 388. The van der Waals surface area contributed by atoms with E-state index in [4.69, 9.17) is 4.74 Å². The Balaban J connectivity index is 2.74. The minimum atomic E-state index is -0.684. The number of hydrogen-bond donors (Lipinski definition) is 0. The number of rotatable bonds is 5. The molecule has 0 aliphatic carbocycles. The molecular formula is C12H13FO3. The molecule has 0 spiro atoms. The third kappa shape index (κ3) is 3.17. The van der Waals surface area contributed by atoms with Crippen LogP contribution in [0.25, 0.3) is 0 Å². The molecule has 0 unspecified atom stereocenters. The Morgan fingerprint density at radius 1 is 1.56 bits per heavy atom. The number of methoxy groups -OCH3 is 1. The number of ether oxygens (including phenoxy) is 2. The summed E-state index contributed by atoms with van der Waals surface area (Å²) >= 11 is 0. The van der Waals surface area contributed by atoms with E-state index in [1.807, 2.05) is 0 Å². The predicted octanol–water partition coefficient (Wildman–Crippen LogP) is 2.31. The van der Waals surface area contributed by atoms with Gasteiger partial charge in [0.15, 0.2) is 0 Å². The number of esters is 1. The van der Waals surface area contributed by atoms with Crippen LogP contribution in [0, 0.1) is 5.82 Å². The maximum absolute atomic E-state index is 13.4. The van der Waals surface area contributed by atoms with Gasteiger partial charge >= 0.3 is 5.97 Å². The maximum atomic E-state index is 13.4. The minimum absolute atomic E-state index is 0.0741. The largest absolute Gasteiger partial charge is 0.465 e. The molecule has 0 saturated carbocycles. The molecule has 1 aromatic carbocycles. The fraction of sp³-hybridized carbons (Fsp3) is 0.250. The van der Waals surface area contributed by atoms with E-state index in [-0.39, 0.29) is 12.2 Å². The van der Waals surface area contributed by atoms with Gasteiger partial charge in [-0.15, -0.1) is 6.58 Å². The maximum Gasteiger partial charge on any atom is 0.340 e. The molecule has 0 aliphatic heterocycles. The van der Waals surface area contributed by atoms with Crippen LogP contribution in [0.15, 0.2) is 30.9 Å². The van der Waals surface area contributed by atoms with E-state index >= 15 is 0 Å². The van der Waals surface area contributed by atoms with Crippen LogP contribution in [0.1, 0.15) is 15.9 Å². The predicted molar refractivity (Wildman–Crippen MR) is 57.6 cm³/mol. The molecule has 0 amide bonds. The molecule has 0 fully saturated rings. The molecule has 0 heterocycles. The molecule has 0 saturated heterocycles. The molecule has 3 nitrogen and oxygen atoms in total. The van der Waals surface area contributed by atoms with Crippen molar-refractivity contribution in [3.63, 3.8) is 0 Å². The summed E-state index contributed by atoms with van der Waals surface area (Å²) in [5.74, 6) is -1.29. The van der Waals surface area contributed by atoms with Crippen molar-refractivity contribution in [3.05, 3.63) is 47.8 Å². The van der Waals surface area contributed by atoms with Crippen LogP contribution in [0.5, 0.6) is 0 Å². The quantitative estimate of drug-likeness (QED) is 0.437. The van der Waals surface area contributed by atoms with Crippen LogP contribution < -0.4 is 0 Å². The van der Waals surface area contributed by atoms with E-state index in [2.05, 4.69) is 11.3 Å². The zero-order valence-corrected chi connectivity index (χ0v) is 9.03. The van der Waals surface area contributed by atoms with Gasteiger partial charge in [-0.3, -0.25) is 0 Å². The van der Waals surface area contributed by atoms with Crippen LogP contribution in [0.3, 0.4) is 0 Å². The molecular weight excluding hydrogens is 211 g/mol. The number of halogens is 1. The van der Waals surface area contributed by atoms with E-state index in [1.165, 1.54) is 19.2 Å². The fourth-order valence-electron chi connectivity index (χ4n) is 1.18. The molecule has 1 rings (SSSR count). The van der Waals surface area contributed by atoms with E-state index in [0.29, 0.717) is 12.2 Å². The summed E-state index contributed by atoms with van der Waals surface area (Å²) in [7, 11) is 1.21. The Kier molecular flexibility index (Phi) is 4.66. The standard InChI is InChI=1S/C12H13FO3/c1-3-6-16-8-9-4-5-10(11(13)7-9)12(14)15-2/h3-5,7H,1,6,8H2,2H3. The molecule has 16 heavy (non-hydrogen) atoms. The lowest BCUT2D eigenvalue weighted by molar-refractivity contribution is 0.0595. The second-order valence-corrected chi connectivity index (χ2v) is 3.11. The summed E-state index contributed by atoms with van der Waals surface area (Å²) in [5, 5.41) is 0. The molecule has 0 radical (unpaired) electrons. The smallest absolute Gasteiger partial charge is 0.340 e. The van der Waals surface area contributed by atoms with Gasteiger partial charge in [-0.25, -0.2) is 9.18 Å². The Labute approximate surface area is 93.5 Å². The molecule has 0 aromatic heterocycles. The monoisotopic (exact) mass is 224 g/mol. The Morgan fingerprint density at radius 2 is 2.31 bits per heavy atom. The van der Waals surface area contributed by atoms with E-state index in [1.54, 1.807) is 12.1 Å². The minimum Gasteiger partial charge on any atom is -0.465 e. The highest BCUT2D eigenvalue weighted by molar-refractivity contribution is 5.89. The first-order valence-electron chi connectivity index (χ1n) is 4.74. The highest BCUT2D eigenvalue weighted by atomic mass is 19.1. The molecule has 0 bridgehead atoms. The van der Waals surface area contributed by atoms with Gasteiger partial charge in [0.25, 0.3) is 0 Å². The van der Waals surface area contributed by atoms with Crippen molar-refractivity contribution in [1.29, 1.82) is 0 Å². The lowest BCUT2D eigenvalue weighted by Gasteiger charge is -2.05. The highest BCUT2D eigenvalue weighted by Crippen LogP contribution is 2.12. The normalized spacial score (nSPS) is 9.88. The van der Waals surface area contributed by atoms with Gasteiger partial charge in [-0.1, -0.05) is 12.1 Å². The SMILES string of the molecule is C=CCOCc1ccc(C(=O)OC)c(F)c1. The van der Waals surface area contributed by atoms with Crippen molar-refractivity contribution >= 4 is 5.97 Å². The van der Waals surface area contributed by atoms with E-state index in [0.717, 1.165) is 0 Å².